The van der Waals surface area contributed by atoms with Crippen LogP contribution in [0.15, 0.2) is 0 Å². The van der Waals surface area contributed by atoms with Gasteiger partial charge in [0, 0.05) is 20.1 Å². The third kappa shape index (κ3) is 3.35. The van der Waals surface area contributed by atoms with Gasteiger partial charge in [-0.25, -0.2) is 9.59 Å². The molecule has 0 aliphatic carbocycles. The fourth-order valence-corrected chi connectivity index (χ4v) is 1.67. The maximum atomic E-state index is 11.9. The molecule has 7 nitrogen and oxygen atoms in total. The molecule has 3 amide bonds. The average Bonchev–Trinajstić information content (AvgIpc) is 2.28. The summed E-state index contributed by atoms with van der Waals surface area (Å²) in [6, 6.07) is -1.44. The van der Waals surface area contributed by atoms with E-state index in [0.717, 1.165) is 0 Å². The molecule has 0 bridgehead atoms. The molecule has 1 saturated heterocycles. The molecular formula is C11H19N3O4. The van der Waals surface area contributed by atoms with Crippen molar-refractivity contribution in [2.45, 2.75) is 19.9 Å². The molecule has 1 aliphatic rings. The van der Waals surface area contributed by atoms with Gasteiger partial charge >= 0.3 is 12.0 Å². The summed E-state index contributed by atoms with van der Waals surface area (Å²) in [4.78, 5) is 37.1. The van der Waals surface area contributed by atoms with Crippen LogP contribution in [0.25, 0.3) is 0 Å². The number of hydrogen-bond donors (Lipinski definition) is 2. The van der Waals surface area contributed by atoms with Gasteiger partial charge in [0.2, 0.25) is 5.91 Å². The third-order valence-electron chi connectivity index (χ3n) is 2.96. The number of hydrogen-bond acceptors (Lipinski definition) is 3. The van der Waals surface area contributed by atoms with Crippen molar-refractivity contribution in [2.75, 3.05) is 26.7 Å². The second kappa shape index (κ2) is 5.70. The summed E-state index contributed by atoms with van der Waals surface area (Å²) in [5.41, 5.74) is 0. The second-order valence-electron chi connectivity index (χ2n) is 4.75. The molecule has 2 N–H and O–H groups in total. The average molecular weight is 257 g/mol. The number of urea groups is 1. The predicted molar refractivity (Wildman–Crippen MR) is 64.0 cm³/mol. The lowest BCUT2D eigenvalue weighted by atomic mass is 10.1. The normalized spacial score (nSPS) is 17.9. The van der Waals surface area contributed by atoms with Crippen molar-refractivity contribution in [1.82, 2.24) is 15.1 Å². The Morgan fingerprint density at radius 2 is 1.94 bits per heavy atom. The number of nitrogens with zero attached hydrogens (tertiary/aromatic N) is 2. The molecule has 0 aromatic rings. The Bertz CT molecular complexity index is 356. The molecule has 102 valence electrons. The molecule has 7 heteroatoms. The number of likely N-dealkylation sites (N-methyl/N-ethyl adjacent to an activating group) is 1. The molecule has 0 aromatic carbocycles. The maximum absolute atomic E-state index is 11.9. The topological polar surface area (TPSA) is 90.0 Å². The number of piperazine rings is 1. The number of carboxylic acid groups (broad SMARTS) is 1. The van der Waals surface area contributed by atoms with Gasteiger partial charge in [0.25, 0.3) is 0 Å². The first-order valence-corrected chi connectivity index (χ1v) is 5.85. The zero-order chi connectivity index (χ0) is 13.9. The van der Waals surface area contributed by atoms with Crippen LogP contribution in [0.2, 0.25) is 0 Å². The van der Waals surface area contributed by atoms with Crippen LogP contribution in [0.4, 0.5) is 4.79 Å². The quantitative estimate of drug-likeness (QED) is 0.718. The highest BCUT2D eigenvalue weighted by Crippen LogP contribution is 2.05. The molecule has 0 spiro atoms. The van der Waals surface area contributed by atoms with Crippen molar-refractivity contribution in [1.29, 1.82) is 0 Å². The molecule has 0 radical (unpaired) electrons. The van der Waals surface area contributed by atoms with Gasteiger partial charge in [-0.05, 0) is 5.92 Å². The van der Waals surface area contributed by atoms with Gasteiger partial charge in [-0.15, -0.1) is 0 Å². The first-order valence-electron chi connectivity index (χ1n) is 5.85. The van der Waals surface area contributed by atoms with Crippen LogP contribution in [0, 0.1) is 5.92 Å². The molecule has 1 aliphatic heterocycles. The smallest absolute Gasteiger partial charge is 0.326 e. The van der Waals surface area contributed by atoms with E-state index < -0.39 is 18.0 Å². The molecule has 1 heterocycles. The van der Waals surface area contributed by atoms with Crippen LogP contribution in [-0.4, -0.2) is 65.5 Å². The van der Waals surface area contributed by atoms with E-state index in [1.807, 2.05) is 0 Å². The molecule has 18 heavy (non-hydrogen) atoms. The van der Waals surface area contributed by atoms with Crippen molar-refractivity contribution >= 4 is 17.9 Å². The number of carbonyl (C=O) groups excluding carboxylic acids is 2. The van der Waals surface area contributed by atoms with E-state index >= 15 is 0 Å². The van der Waals surface area contributed by atoms with Crippen LogP contribution in [0.5, 0.6) is 0 Å². The van der Waals surface area contributed by atoms with Gasteiger partial charge in [0.05, 0.1) is 0 Å². The highest BCUT2D eigenvalue weighted by atomic mass is 16.4. The fourth-order valence-electron chi connectivity index (χ4n) is 1.67. The molecule has 1 fully saturated rings. The molecule has 0 unspecified atom stereocenters. The maximum Gasteiger partial charge on any atom is 0.326 e. The number of amides is 3. The number of rotatable bonds is 3. The van der Waals surface area contributed by atoms with E-state index in [-0.39, 0.29) is 18.4 Å². The van der Waals surface area contributed by atoms with Gasteiger partial charge in [-0.3, -0.25) is 4.79 Å². The largest absolute Gasteiger partial charge is 0.480 e. The van der Waals surface area contributed by atoms with E-state index in [1.165, 1.54) is 4.90 Å². The van der Waals surface area contributed by atoms with Gasteiger partial charge < -0.3 is 20.2 Å². The number of carboxylic acids is 1. The molecule has 1 rings (SSSR count). The number of aliphatic carboxylic acids is 1. The van der Waals surface area contributed by atoms with Gasteiger partial charge in [0.15, 0.2) is 0 Å². The summed E-state index contributed by atoms with van der Waals surface area (Å²) in [6.07, 6.45) is 0. The zero-order valence-electron chi connectivity index (χ0n) is 10.8. The van der Waals surface area contributed by atoms with Crippen LogP contribution in [0.3, 0.4) is 0 Å². The summed E-state index contributed by atoms with van der Waals surface area (Å²) in [7, 11) is 1.67. The Labute approximate surface area is 106 Å². The summed E-state index contributed by atoms with van der Waals surface area (Å²) in [6.45, 7) is 4.30. The standard InChI is InChI=1S/C11H19N3O4/c1-7(2)9(10(16)17)12-11(18)14-5-4-13(3)8(15)6-14/h7,9H,4-6H2,1-3H3,(H,12,18)(H,16,17)/t9-/m0/s1. The lowest BCUT2D eigenvalue weighted by Crippen LogP contribution is -2.56. The van der Waals surface area contributed by atoms with E-state index in [4.69, 9.17) is 5.11 Å². The van der Waals surface area contributed by atoms with Crippen molar-refractivity contribution in [3.05, 3.63) is 0 Å². The fraction of sp³-hybridized carbons (Fsp3) is 0.727. The van der Waals surface area contributed by atoms with Gasteiger partial charge in [0.1, 0.15) is 12.6 Å². The lowest BCUT2D eigenvalue weighted by Gasteiger charge is -2.33. The summed E-state index contributed by atoms with van der Waals surface area (Å²) in [5.74, 6) is -1.43. The minimum Gasteiger partial charge on any atom is -0.480 e. The molecular weight excluding hydrogens is 238 g/mol. The monoisotopic (exact) mass is 257 g/mol. The highest BCUT2D eigenvalue weighted by Gasteiger charge is 2.29. The summed E-state index contributed by atoms with van der Waals surface area (Å²) in [5, 5.41) is 11.4. The van der Waals surface area contributed by atoms with E-state index in [1.54, 1.807) is 25.8 Å². The van der Waals surface area contributed by atoms with Crippen molar-refractivity contribution in [2.24, 2.45) is 5.92 Å². The number of carbonyl (C=O) groups is 3. The van der Waals surface area contributed by atoms with Crippen molar-refractivity contribution in [3.63, 3.8) is 0 Å². The van der Waals surface area contributed by atoms with Crippen LogP contribution in [0.1, 0.15) is 13.8 Å². The van der Waals surface area contributed by atoms with Crippen LogP contribution >= 0.6 is 0 Å². The van der Waals surface area contributed by atoms with Crippen molar-refractivity contribution in [3.8, 4) is 0 Å². The predicted octanol–water partition coefficient (Wildman–Crippen LogP) is -0.421. The zero-order valence-corrected chi connectivity index (χ0v) is 10.8. The summed E-state index contributed by atoms with van der Waals surface area (Å²) >= 11 is 0. The molecule has 0 saturated carbocycles. The highest BCUT2D eigenvalue weighted by molar-refractivity contribution is 5.87. The minimum atomic E-state index is -1.07. The Balaban J connectivity index is 2.60. The van der Waals surface area contributed by atoms with Crippen LogP contribution < -0.4 is 5.32 Å². The van der Waals surface area contributed by atoms with E-state index in [2.05, 4.69) is 5.32 Å². The second-order valence-corrected chi connectivity index (χ2v) is 4.75. The van der Waals surface area contributed by atoms with Gasteiger partial charge in [-0.2, -0.15) is 0 Å². The van der Waals surface area contributed by atoms with Gasteiger partial charge in [-0.1, -0.05) is 13.8 Å². The van der Waals surface area contributed by atoms with E-state index in [0.29, 0.717) is 13.1 Å². The Hall–Kier alpha value is -1.79. The van der Waals surface area contributed by atoms with E-state index in [9.17, 15) is 14.4 Å². The van der Waals surface area contributed by atoms with Crippen LogP contribution in [-0.2, 0) is 9.59 Å². The molecule has 1 atom stereocenters. The SMILES string of the molecule is CC(C)[C@H](NC(=O)N1CCN(C)C(=O)C1)C(=O)O. The molecule has 0 aromatic heterocycles. The first kappa shape index (κ1) is 14.3. The third-order valence-corrected chi connectivity index (χ3v) is 2.96. The Morgan fingerprint density at radius 1 is 1.33 bits per heavy atom. The van der Waals surface area contributed by atoms with Crippen molar-refractivity contribution < 1.29 is 19.5 Å². The number of nitrogens with one attached hydrogen (secondary N) is 1. The lowest BCUT2D eigenvalue weighted by molar-refractivity contribution is -0.140. The Kier molecular flexibility index (Phi) is 4.52. The summed E-state index contributed by atoms with van der Waals surface area (Å²) < 4.78 is 0. The minimum absolute atomic E-state index is 0.00717. The first-order chi connectivity index (χ1) is 8.32. The Morgan fingerprint density at radius 3 is 2.39 bits per heavy atom.